The Bertz CT molecular complexity index is 1080. The van der Waals surface area contributed by atoms with E-state index in [1.807, 2.05) is 30.5 Å². The van der Waals surface area contributed by atoms with E-state index in [0.717, 1.165) is 0 Å². The van der Waals surface area contributed by atoms with Crippen molar-refractivity contribution in [2.45, 2.75) is 19.8 Å². The van der Waals surface area contributed by atoms with Gasteiger partial charge in [-0.1, -0.05) is 23.2 Å². The van der Waals surface area contributed by atoms with Crippen LogP contribution in [0.4, 0.5) is 5.69 Å². The monoisotopic (exact) mass is 472 g/mol. The van der Waals surface area contributed by atoms with E-state index in [4.69, 9.17) is 27.9 Å². The third-order valence-corrected chi connectivity index (χ3v) is 5.84. The molecule has 1 unspecified atom stereocenters. The Morgan fingerprint density at radius 1 is 1.22 bits per heavy atom. The number of hydrogen-bond acceptors (Lipinski definition) is 4. The summed E-state index contributed by atoms with van der Waals surface area (Å²) in [5.74, 6) is 0. The first-order chi connectivity index (χ1) is 12.8. The fourth-order valence-electron chi connectivity index (χ4n) is 3.23. The van der Waals surface area contributed by atoms with Gasteiger partial charge in [-0.15, -0.1) is 0 Å². The molecule has 1 N–H and O–H groups in total. The SMILES string of the molecule is CCOC(O)Cn1c2cc(Br)c(Cl)cc2c(=O)c2ccc(Cl)c(N(C)C)c21. The Kier molecular flexibility index (Phi) is 6.03. The van der Waals surface area contributed by atoms with Crippen molar-refractivity contribution >= 4 is 66.6 Å². The molecule has 3 rings (SSSR count). The Morgan fingerprint density at radius 3 is 2.56 bits per heavy atom. The van der Waals surface area contributed by atoms with Crippen molar-refractivity contribution in [3.05, 3.63) is 49.0 Å². The Hall–Kier alpha value is -1.31. The van der Waals surface area contributed by atoms with Crippen molar-refractivity contribution in [2.24, 2.45) is 0 Å². The molecule has 27 heavy (non-hydrogen) atoms. The summed E-state index contributed by atoms with van der Waals surface area (Å²) in [6.07, 6.45) is -1.03. The summed E-state index contributed by atoms with van der Waals surface area (Å²) in [6, 6.07) is 6.82. The first kappa shape index (κ1) is 20.4. The molecular weight excluding hydrogens is 455 g/mol. The standard InChI is InChI=1S/C19H19BrCl2N2O3/c1-4-27-16(25)9-24-15-8-12(20)14(22)7-11(15)19(26)10-5-6-13(21)18(17(10)24)23(2)3/h5-8,16,25H,4,9H2,1-3H3. The average Bonchev–Trinajstić information content (AvgIpc) is 2.60. The van der Waals surface area contributed by atoms with Crippen molar-refractivity contribution in [2.75, 3.05) is 25.6 Å². The van der Waals surface area contributed by atoms with Crippen molar-refractivity contribution < 1.29 is 9.84 Å². The number of fused-ring (bicyclic) bond motifs is 2. The van der Waals surface area contributed by atoms with E-state index in [9.17, 15) is 9.90 Å². The first-order valence-electron chi connectivity index (χ1n) is 8.37. The lowest BCUT2D eigenvalue weighted by Crippen LogP contribution is -2.24. The highest BCUT2D eigenvalue weighted by Crippen LogP contribution is 2.36. The second-order valence-electron chi connectivity index (χ2n) is 6.32. The molecule has 0 saturated heterocycles. The topological polar surface area (TPSA) is 54.7 Å². The molecule has 0 fully saturated rings. The van der Waals surface area contributed by atoms with Gasteiger partial charge in [-0.05, 0) is 47.1 Å². The number of benzene rings is 2. The number of pyridine rings is 1. The molecule has 1 aromatic heterocycles. The van der Waals surface area contributed by atoms with Crippen LogP contribution in [-0.2, 0) is 11.3 Å². The molecule has 3 aromatic rings. The summed E-state index contributed by atoms with van der Waals surface area (Å²) in [4.78, 5) is 15.0. The van der Waals surface area contributed by atoms with E-state index in [1.54, 1.807) is 24.3 Å². The molecule has 1 heterocycles. The molecular formula is C19H19BrCl2N2O3. The van der Waals surface area contributed by atoms with Crippen molar-refractivity contribution in [1.29, 1.82) is 0 Å². The lowest BCUT2D eigenvalue weighted by molar-refractivity contribution is -0.102. The summed E-state index contributed by atoms with van der Waals surface area (Å²) < 4.78 is 7.84. The second-order valence-corrected chi connectivity index (χ2v) is 7.99. The highest BCUT2D eigenvalue weighted by molar-refractivity contribution is 9.10. The van der Waals surface area contributed by atoms with Gasteiger partial charge in [0.2, 0.25) is 0 Å². The Labute approximate surface area is 175 Å². The smallest absolute Gasteiger partial charge is 0.197 e. The predicted octanol–water partition coefficient (Wildman–Crippen LogP) is 4.64. The van der Waals surface area contributed by atoms with E-state index in [2.05, 4.69) is 15.9 Å². The number of aromatic nitrogens is 1. The number of nitrogens with zero attached hydrogens (tertiary/aromatic N) is 2. The van der Waals surface area contributed by atoms with Gasteiger partial charge in [-0.2, -0.15) is 0 Å². The maximum absolute atomic E-state index is 13.2. The molecule has 0 amide bonds. The van der Waals surface area contributed by atoms with Gasteiger partial charge in [-0.25, -0.2) is 0 Å². The molecule has 1 atom stereocenters. The largest absolute Gasteiger partial charge is 0.375 e. The van der Waals surface area contributed by atoms with Gasteiger partial charge < -0.3 is 19.3 Å². The van der Waals surface area contributed by atoms with Crippen LogP contribution < -0.4 is 10.3 Å². The number of rotatable bonds is 5. The highest BCUT2D eigenvalue weighted by atomic mass is 79.9. The number of aliphatic hydroxyl groups excluding tert-OH is 1. The van der Waals surface area contributed by atoms with Gasteiger partial charge in [0.05, 0.1) is 33.3 Å². The fourth-order valence-corrected chi connectivity index (χ4v) is 4.05. The van der Waals surface area contributed by atoms with Crippen molar-refractivity contribution in [3.8, 4) is 0 Å². The zero-order valence-electron chi connectivity index (χ0n) is 15.1. The van der Waals surface area contributed by atoms with Gasteiger partial charge in [0.25, 0.3) is 0 Å². The lowest BCUT2D eigenvalue weighted by Gasteiger charge is -2.24. The van der Waals surface area contributed by atoms with Crippen LogP contribution in [0.3, 0.4) is 0 Å². The van der Waals surface area contributed by atoms with E-state index < -0.39 is 6.29 Å². The summed E-state index contributed by atoms with van der Waals surface area (Å²) in [5, 5.41) is 12.2. The molecule has 2 aromatic carbocycles. The molecule has 0 bridgehead atoms. The van der Waals surface area contributed by atoms with Gasteiger partial charge in [0.1, 0.15) is 0 Å². The van der Waals surface area contributed by atoms with Crippen molar-refractivity contribution in [3.63, 3.8) is 0 Å². The van der Waals surface area contributed by atoms with E-state index in [1.165, 1.54) is 0 Å². The molecule has 0 aliphatic heterocycles. The maximum Gasteiger partial charge on any atom is 0.197 e. The Balaban J connectivity index is 2.53. The van der Waals surface area contributed by atoms with Gasteiger partial charge in [0.15, 0.2) is 11.7 Å². The average molecular weight is 474 g/mol. The van der Waals surface area contributed by atoms with Crippen molar-refractivity contribution in [1.82, 2.24) is 4.57 Å². The quantitative estimate of drug-likeness (QED) is 0.433. The molecule has 0 saturated carbocycles. The number of ether oxygens (including phenoxy) is 1. The number of aliphatic hydroxyl groups is 1. The van der Waals surface area contributed by atoms with Gasteiger partial charge >= 0.3 is 0 Å². The van der Waals surface area contributed by atoms with Gasteiger partial charge in [-0.3, -0.25) is 4.79 Å². The van der Waals surface area contributed by atoms with Crippen LogP contribution in [0.5, 0.6) is 0 Å². The minimum atomic E-state index is -1.03. The minimum Gasteiger partial charge on any atom is -0.375 e. The molecule has 0 radical (unpaired) electrons. The summed E-state index contributed by atoms with van der Waals surface area (Å²) in [5.41, 5.74) is 1.82. The summed E-state index contributed by atoms with van der Waals surface area (Å²) >= 11 is 16.1. The van der Waals surface area contributed by atoms with Crippen LogP contribution in [0.2, 0.25) is 10.0 Å². The fraction of sp³-hybridized carbons (Fsp3) is 0.316. The summed E-state index contributed by atoms with van der Waals surface area (Å²) in [6.45, 7) is 2.31. The van der Waals surface area contributed by atoms with E-state index in [0.29, 0.717) is 48.6 Å². The predicted molar refractivity (Wildman–Crippen MR) is 115 cm³/mol. The molecule has 8 heteroatoms. The lowest BCUT2D eigenvalue weighted by atomic mass is 10.1. The van der Waals surface area contributed by atoms with E-state index >= 15 is 0 Å². The summed E-state index contributed by atoms with van der Waals surface area (Å²) in [7, 11) is 3.72. The van der Waals surface area contributed by atoms with Crippen LogP contribution in [0, 0.1) is 0 Å². The zero-order chi connectivity index (χ0) is 19.9. The normalized spacial score (nSPS) is 12.7. The number of hydrogen-bond donors (Lipinski definition) is 1. The second kappa shape index (κ2) is 7.97. The number of anilines is 1. The molecule has 0 spiro atoms. The minimum absolute atomic E-state index is 0.135. The molecule has 5 nitrogen and oxygen atoms in total. The number of halogens is 3. The zero-order valence-corrected chi connectivity index (χ0v) is 18.2. The van der Waals surface area contributed by atoms with Crippen LogP contribution >= 0.6 is 39.1 Å². The first-order valence-corrected chi connectivity index (χ1v) is 9.91. The Morgan fingerprint density at radius 2 is 1.93 bits per heavy atom. The van der Waals surface area contributed by atoms with Crippen LogP contribution in [0.15, 0.2) is 33.5 Å². The highest BCUT2D eigenvalue weighted by Gasteiger charge is 2.20. The van der Waals surface area contributed by atoms with Crippen LogP contribution in [0.1, 0.15) is 6.92 Å². The maximum atomic E-state index is 13.2. The molecule has 0 aliphatic rings. The van der Waals surface area contributed by atoms with Crippen LogP contribution in [-0.4, -0.2) is 36.7 Å². The van der Waals surface area contributed by atoms with E-state index in [-0.39, 0.29) is 12.0 Å². The van der Waals surface area contributed by atoms with Crippen LogP contribution in [0.25, 0.3) is 21.8 Å². The molecule has 144 valence electrons. The third-order valence-electron chi connectivity index (χ3n) is 4.34. The molecule has 0 aliphatic carbocycles. The van der Waals surface area contributed by atoms with Gasteiger partial charge in [0, 0.05) is 35.9 Å². The third kappa shape index (κ3) is 3.69.